The lowest BCUT2D eigenvalue weighted by atomic mass is 10.5. The van der Waals surface area contributed by atoms with Gasteiger partial charge >= 0.3 is 0 Å². The van der Waals surface area contributed by atoms with Crippen LogP contribution in [0.1, 0.15) is 18.6 Å². The molecule has 0 saturated heterocycles. The first-order valence-electron chi connectivity index (χ1n) is 3.46. The second kappa shape index (κ2) is 3.70. The standard InChI is InChI=1S/C6H9N5O/c1-4-8-10-6(11-9-4)3-7-5(2)12/h3H2,1-2H3,(H,7,12). The number of aromatic nitrogens is 4. The molecule has 0 aliphatic heterocycles. The molecule has 0 unspecified atom stereocenters. The van der Waals surface area contributed by atoms with E-state index in [4.69, 9.17) is 0 Å². The summed E-state index contributed by atoms with van der Waals surface area (Å²) in [5.41, 5.74) is 0. The average Bonchev–Trinajstić information content (AvgIpc) is 2.03. The molecule has 1 aromatic heterocycles. The minimum Gasteiger partial charge on any atom is -0.349 e. The van der Waals surface area contributed by atoms with Crippen LogP contribution in [0.4, 0.5) is 0 Å². The SMILES string of the molecule is CC(=O)NCc1nnc(C)nn1. The van der Waals surface area contributed by atoms with Crippen molar-refractivity contribution in [3.05, 3.63) is 11.6 Å². The molecule has 0 aromatic carbocycles. The minimum atomic E-state index is -0.126. The smallest absolute Gasteiger partial charge is 0.217 e. The molecule has 0 atom stereocenters. The van der Waals surface area contributed by atoms with Gasteiger partial charge in [-0.3, -0.25) is 4.79 Å². The Kier molecular flexibility index (Phi) is 2.62. The normalized spacial score (nSPS) is 9.50. The Morgan fingerprint density at radius 1 is 1.33 bits per heavy atom. The minimum absolute atomic E-state index is 0.126. The Morgan fingerprint density at radius 2 is 1.92 bits per heavy atom. The maximum absolute atomic E-state index is 10.5. The molecule has 1 rings (SSSR count). The predicted molar refractivity (Wildman–Crippen MR) is 39.9 cm³/mol. The zero-order valence-corrected chi connectivity index (χ0v) is 6.90. The summed E-state index contributed by atoms with van der Waals surface area (Å²) in [6.45, 7) is 3.40. The number of carbonyl (C=O) groups excluding carboxylic acids is 1. The van der Waals surface area contributed by atoms with Crippen molar-refractivity contribution >= 4 is 5.91 Å². The van der Waals surface area contributed by atoms with Crippen LogP contribution < -0.4 is 5.32 Å². The van der Waals surface area contributed by atoms with Crippen molar-refractivity contribution in [3.63, 3.8) is 0 Å². The number of hydrogen-bond acceptors (Lipinski definition) is 5. The van der Waals surface area contributed by atoms with Gasteiger partial charge in [-0.1, -0.05) is 0 Å². The molecule has 64 valence electrons. The van der Waals surface area contributed by atoms with E-state index in [2.05, 4.69) is 25.7 Å². The fourth-order valence-electron chi connectivity index (χ4n) is 0.574. The third-order valence-corrected chi connectivity index (χ3v) is 1.12. The number of rotatable bonds is 2. The molecule has 0 bridgehead atoms. The Bertz CT molecular complexity index is 270. The van der Waals surface area contributed by atoms with Gasteiger partial charge in [0.25, 0.3) is 0 Å². The van der Waals surface area contributed by atoms with Crippen molar-refractivity contribution in [1.82, 2.24) is 25.7 Å². The first-order valence-corrected chi connectivity index (χ1v) is 3.46. The van der Waals surface area contributed by atoms with Crippen LogP contribution in [-0.4, -0.2) is 26.3 Å². The van der Waals surface area contributed by atoms with Gasteiger partial charge in [-0.15, -0.1) is 20.4 Å². The number of aryl methyl sites for hydroxylation is 1. The van der Waals surface area contributed by atoms with Gasteiger partial charge in [-0.2, -0.15) is 0 Å². The molecule has 6 heteroatoms. The van der Waals surface area contributed by atoms with Crippen molar-refractivity contribution in [2.75, 3.05) is 0 Å². The highest BCUT2D eigenvalue weighted by molar-refractivity contribution is 5.72. The van der Waals surface area contributed by atoms with E-state index in [1.165, 1.54) is 6.92 Å². The molecule has 12 heavy (non-hydrogen) atoms. The summed E-state index contributed by atoms with van der Waals surface area (Å²) < 4.78 is 0. The molecule has 0 radical (unpaired) electrons. The van der Waals surface area contributed by atoms with E-state index < -0.39 is 0 Å². The number of nitrogens with one attached hydrogen (secondary N) is 1. The van der Waals surface area contributed by atoms with Gasteiger partial charge in [0, 0.05) is 6.92 Å². The highest BCUT2D eigenvalue weighted by Crippen LogP contribution is 1.83. The molecule has 1 N–H and O–H groups in total. The van der Waals surface area contributed by atoms with Crippen LogP contribution in [0.3, 0.4) is 0 Å². The topological polar surface area (TPSA) is 80.7 Å². The van der Waals surface area contributed by atoms with Crippen molar-refractivity contribution in [3.8, 4) is 0 Å². The Balaban J connectivity index is 2.53. The molecule has 6 nitrogen and oxygen atoms in total. The molecule has 1 heterocycles. The van der Waals surface area contributed by atoms with E-state index in [1.807, 2.05) is 0 Å². The number of hydrogen-bond donors (Lipinski definition) is 1. The second-order valence-electron chi connectivity index (χ2n) is 2.27. The largest absolute Gasteiger partial charge is 0.349 e. The quantitative estimate of drug-likeness (QED) is 0.624. The lowest BCUT2D eigenvalue weighted by Gasteiger charge is -1.97. The highest BCUT2D eigenvalue weighted by Gasteiger charge is 1.98. The summed E-state index contributed by atoms with van der Waals surface area (Å²) >= 11 is 0. The molecule has 0 aliphatic carbocycles. The summed E-state index contributed by atoms with van der Waals surface area (Å²) in [4.78, 5) is 10.5. The maximum Gasteiger partial charge on any atom is 0.217 e. The van der Waals surface area contributed by atoms with Crippen molar-refractivity contribution < 1.29 is 4.79 Å². The summed E-state index contributed by atoms with van der Waals surface area (Å²) in [5, 5.41) is 17.3. The monoisotopic (exact) mass is 167 g/mol. The molecular weight excluding hydrogens is 158 g/mol. The molecule has 1 aromatic rings. The van der Waals surface area contributed by atoms with Crippen molar-refractivity contribution in [2.45, 2.75) is 20.4 Å². The van der Waals surface area contributed by atoms with Crippen molar-refractivity contribution in [1.29, 1.82) is 0 Å². The average molecular weight is 167 g/mol. The lowest BCUT2D eigenvalue weighted by Crippen LogP contribution is -2.21. The van der Waals surface area contributed by atoms with E-state index in [-0.39, 0.29) is 12.5 Å². The van der Waals surface area contributed by atoms with Gasteiger partial charge in [0.1, 0.15) is 0 Å². The van der Waals surface area contributed by atoms with Gasteiger partial charge in [0.15, 0.2) is 11.6 Å². The maximum atomic E-state index is 10.5. The van der Waals surface area contributed by atoms with Crippen LogP contribution in [0.15, 0.2) is 0 Å². The van der Waals surface area contributed by atoms with Crippen LogP contribution in [0.25, 0.3) is 0 Å². The van der Waals surface area contributed by atoms with Gasteiger partial charge in [-0.05, 0) is 6.92 Å². The molecule has 0 saturated carbocycles. The predicted octanol–water partition coefficient (Wildman–Crippen LogP) is -0.789. The second-order valence-corrected chi connectivity index (χ2v) is 2.27. The molecule has 1 amide bonds. The fraction of sp³-hybridized carbons (Fsp3) is 0.500. The van der Waals surface area contributed by atoms with Crippen LogP contribution >= 0.6 is 0 Å². The summed E-state index contributed by atoms with van der Waals surface area (Å²) in [5.74, 6) is 0.802. The molecule has 0 aliphatic rings. The molecule has 0 fully saturated rings. The first-order chi connectivity index (χ1) is 5.68. The Labute approximate surface area is 69.4 Å². The Hall–Kier alpha value is -1.59. The fourth-order valence-corrected chi connectivity index (χ4v) is 0.574. The number of nitrogens with zero attached hydrogens (tertiary/aromatic N) is 4. The zero-order chi connectivity index (χ0) is 8.97. The number of amides is 1. The van der Waals surface area contributed by atoms with Crippen molar-refractivity contribution in [2.24, 2.45) is 0 Å². The van der Waals surface area contributed by atoms with E-state index in [9.17, 15) is 4.79 Å². The van der Waals surface area contributed by atoms with E-state index >= 15 is 0 Å². The lowest BCUT2D eigenvalue weighted by molar-refractivity contribution is -0.119. The van der Waals surface area contributed by atoms with Crippen LogP contribution in [-0.2, 0) is 11.3 Å². The molecule has 0 spiro atoms. The van der Waals surface area contributed by atoms with Gasteiger partial charge in [-0.25, -0.2) is 0 Å². The van der Waals surface area contributed by atoms with Gasteiger partial charge in [0.2, 0.25) is 5.91 Å². The van der Waals surface area contributed by atoms with Crippen LogP contribution in [0, 0.1) is 6.92 Å². The summed E-state index contributed by atoms with van der Waals surface area (Å²) in [6, 6.07) is 0. The Morgan fingerprint density at radius 3 is 2.42 bits per heavy atom. The van der Waals surface area contributed by atoms with Crippen LogP contribution in [0.5, 0.6) is 0 Å². The van der Waals surface area contributed by atoms with Gasteiger partial charge < -0.3 is 5.32 Å². The van der Waals surface area contributed by atoms with E-state index in [1.54, 1.807) is 6.92 Å². The first kappa shape index (κ1) is 8.51. The van der Waals surface area contributed by atoms with Gasteiger partial charge in [0.05, 0.1) is 6.54 Å². The third-order valence-electron chi connectivity index (χ3n) is 1.12. The summed E-state index contributed by atoms with van der Waals surface area (Å²) in [7, 11) is 0. The van der Waals surface area contributed by atoms with Crippen LogP contribution in [0.2, 0.25) is 0 Å². The number of carbonyl (C=O) groups is 1. The zero-order valence-electron chi connectivity index (χ0n) is 6.90. The van der Waals surface area contributed by atoms with E-state index in [0.717, 1.165) is 0 Å². The van der Waals surface area contributed by atoms with E-state index in [0.29, 0.717) is 11.6 Å². The summed E-state index contributed by atoms with van der Waals surface area (Å²) in [6.07, 6.45) is 0. The molecular formula is C6H9N5O. The third kappa shape index (κ3) is 2.57. The highest BCUT2D eigenvalue weighted by atomic mass is 16.1.